The predicted molar refractivity (Wildman–Crippen MR) is 235 cm³/mol. The van der Waals surface area contributed by atoms with E-state index in [4.69, 9.17) is 0 Å². The van der Waals surface area contributed by atoms with Gasteiger partial charge in [0.05, 0.1) is 10.9 Å². The highest BCUT2D eigenvalue weighted by molar-refractivity contribution is 8.00. The second-order valence-corrected chi connectivity index (χ2v) is 18.7. The van der Waals surface area contributed by atoms with Gasteiger partial charge in [-0.2, -0.15) is 0 Å². The van der Waals surface area contributed by atoms with Gasteiger partial charge in [-0.3, -0.25) is 14.4 Å². The molecule has 0 atom stereocenters. The van der Waals surface area contributed by atoms with E-state index in [0.29, 0.717) is 16.7 Å². The first kappa shape index (κ1) is 45.2. The number of Topliss-reactive ketones (excluding diaryl/α,β-unsaturated/α-hetero) is 3. The zero-order valence-corrected chi connectivity index (χ0v) is 35.9. The van der Waals surface area contributed by atoms with Crippen molar-refractivity contribution >= 4 is 76.8 Å². The molecule has 0 amide bonds. The summed E-state index contributed by atoms with van der Waals surface area (Å²) in [5, 5.41) is 0. The molecule has 7 rings (SSSR count). The van der Waals surface area contributed by atoms with Crippen LogP contribution in [-0.2, 0) is 10.9 Å². The Morgan fingerprint density at radius 1 is 0.361 bits per heavy atom. The SMILES string of the molecule is CC(=O)c1ccc(Sc2ccc([S+](c3ccc(Sc4ccc(C(C)=O)cc4)cc3)c3ccc(Sc4ccc(C(C)=O)cc4)cc3)cc2)cc1.[B]c1c(F)c(F)c(F)c(F)c1F. The molecular formula is C48H33BF5O3S4+. The van der Waals surface area contributed by atoms with Crippen molar-refractivity contribution in [1.82, 2.24) is 0 Å². The Bertz CT molecular complexity index is 2330. The lowest BCUT2D eigenvalue weighted by Gasteiger charge is -2.11. The van der Waals surface area contributed by atoms with Gasteiger partial charge in [0, 0.05) is 46.1 Å². The van der Waals surface area contributed by atoms with Crippen LogP contribution in [-0.4, -0.2) is 25.2 Å². The lowest BCUT2D eigenvalue weighted by atomic mass is 9.94. The lowest BCUT2D eigenvalue weighted by molar-refractivity contribution is 0.100. The second kappa shape index (κ2) is 20.5. The van der Waals surface area contributed by atoms with Crippen molar-refractivity contribution < 1.29 is 36.3 Å². The lowest BCUT2D eigenvalue weighted by Crippen LogP contribution is -2.20. The summed E-state index contributed by atoms with van der Waals surface area (Å²) in [4.78, 5) is 45.4. The first-order valence-electron chi connectivity index (χ1n) is 18.4. The Kier molecular flexibility index (Phi) is 15.2. The van der Waals surface area contributed by atoms with Crippen LogP contribution < -0.4 is 5.46 Å². The zero-order valence-electron chi connectivity index (χ0n) is 32.7. The summed E-state index contributed by atoms with van der Waals surface area (Å²) in [6.45, 7) is 4.75. The van der Waals surface area contributed by atoms with E-state index in [1.54, 1.807) is 56.1 Å². The molecule has 0 heterocycles. The average molecular weight is 892 g/mol. The standard InChI is InChI=1S/C42H33O3S4.C6BF5/c1-28(43)31-4-10-34(11-5-31)46-37-16-22-40(23-17-37)49(41-24-18-38(19-25-41)47-35-12-6-32(7-13-35)29(2)44)42-26-20-39(21-27-42)48-36-14-8-33(9-15-36)30(3)45;7-1-2(8)4(10)6(12)5(11)3(1)9/h4-27H,1-3H3;/q+1;. The van der Waals surface area contributed by atoms with Crippen molar-refractivity contribution in [2.24, 2.45) is 0 Å². The fraction of sp³-hybridized carbons (Fsp3) is 0.0625. The number of benzene rings is 7. The summed E-state index contributed by atoms with van der Waals surface area (Å²) in [7, 11) is 4.21. The van der Waals surface area contributed by atoms with Crippen LogP contribution in [0.15, 0.2) is 190 Å². The van der Waals surface area contributed by atoms with Crippen LogP contribution in [0.2, 0.25) is 0 Å². The molecule has 0 fully saturated rings. The van der Waals surface area contributed by atoms with Gasteiger partial charge in [0.1, 0.15) is 7.85 Å². The van der Waals surface area contributed by atoms with E-state index in [1.807, 2.05) is 72.8 Å². The van der Waals surface area contributed by atoms with Crippen molar-refractivity contribution in [2.75, 3.05) is 0 Å². The monoisotopic (exact) mass is 891 g/mol. The molecule has 0 N–H and O–H groups in total. The molecule has 13 heteroatoms. The molecule has 0 spiro atoms. The topological polar surface area (TPSA) is 51.2 Å². The van der Waals surface area contributed by atoms with Gasteiger partial charge >= 0.3 is 0 Å². The van der Waals surface area contributed by atoms with E-state index in [2.05, 4.69) is 80.6 Å². The summed E-state index contributed by atoms with van der Waals surface area (Å²) >= 11 is 5.04. The summed E-state index contributed by atoms with van der Waals surface area (Å²) in [5.74, 6) is -10.1. The molecule has 3 nitrogen and oxygen atoms in total. The van der Waals surface area contributed by atoms with Crippen molar-refractivity contribution in [1.29, 1.82) is 0 Å². The second-order valence-electron chi connectivity index (χ2n) is 13.3. The van der Waals surface area contributed by atoms with Gasteiger partial charge in [-0.25, -0.2) is 22.0 Å². The molecule has 0 saturated carbocycles. The molecule has 0 aliphatic rings. The smallest absolute Gasteiger partial charge is 0.200 e. The van der Waals surface area contributed by atoms with Crippen LogP contribution in [0.25, 0.3) is 0 Å². The molecule has 61 heavy (non-hydrogen) atoms. The first-order valence-corrected chi connectivity index (χ1v) is 22.0. The fourth-order valence-corrected chi connectivity index (χ4v) is 10.1. The summed E-state index contributed by atoms with van der Waals surface area (Å²) < 4.78 is 61.1. The minimum absolute atomic E-state index is 0.0674. The minimum Gasteiger partial charge on any atom is -0.295 e. The Morgan fingerprint density at radius 3 is 0.770 bits per heavy atom. The van der Waals surface area contributed by atoms with Gasteiger partial charge in [0.15, 0.2) is 61.1 Å². The maximum atomic E-state index is 12.3. The molecule has 304 valence electrons. The van der Waals surface area contributed by atoms with E-state index in [1.165, 1.54) is 14.7 Å². The highest BCUT2D eigenvalue weighted by Gasteiger charge is 2.29. The minimum atomic E-state index is -2.21. The molecular weight excluding hydrogens is 859 g/mol. The third-order valence-corrected chi connectivity index (χ3v) is 14.2. The molecule has 0 aliphatic carbocycles. The maximum Gasteiger partial charge on any atom is 0.200 e. The van der Waals surface area contributed by atoms with Crippen molar-refractivity contribution in [3.63, 3.8) is 0 Å². The number of carbonyl (C=O) groups excluding carboxylic acids is 3. The molecule has 0 saturated heterocycles. The Hall–Kier alpha value is -5.34. The Morgan fingerprint density at radius 2 is 0.557 bits per heavy atom. The van der Waals surface area contributed by atoms with Crippen LogP contribution in [0.1, 0.15) is 51.8 Å². The highest BCUT2D eigenvalue weighted by atomic mass is 32.2. The van der Waals surface area contributed by atoms with Crippen LogP contribution in [0.4, 0.5) is 22.0 Å². The number of ketones is 3. The van der Waals surface area contributed by atoms with Crippen LogP contribution >= 0.6 is 35.3 Å². The number of carbonyl (C=O) groups is 3. The van der Waals surface area contributed by atoms with Gasteiger partial charge in [0.25, 0.3) is 0 Å². The quantitative estimate of drug-likeness (QED) is 0.0304. The van der Waals surface area contributed by atoms with Crippen LogP contribution in [0, 0.1) is 29.1 Å². The zero-order chi connectivity index (χ0) is 43.8. The summed E-state index contributed by atoms with van der Waals surface area (Å²) in [6.07, 6.45) is 0. The van der Waals surface area contributed by atoms with Crippen molar-refractivity contribution in [3.05, 3.63) is 191 Å². The van der Waals surface area contributed by atoms with E-state index in [-0.39, 0.29) is 28.2 Å². The van der Waals surface area contributed by atoms with Crippen molar-refractivity contribution in [2.45, 2.75) is 64.8 Å². The third-order valence-electron chi connectivity index (χ3n) is 8.91. The molecule has 2 radical (unpaired) electrons. The van der Waals surface area contributed by atoms with Crippen LogP contribution in [0.5, 0.6) is 0 Å². The predicted octanol–water partition coefficient (Wildman–Crippen LogP) is 13.0. The summed E-state index contributed by atoms with van der Waals surface area (Å²) in [6, 6.07) is 49.5. The molecule has 0 aromatic heterocycles. The summed E-state index contributed by atoms with van der Waals surface area (Å²) in [5.41, 5.74) is 0.782. The number of hydrogen-bond acceptors (Lipinski definition) is 6. The van der Waals surface area contributed by atoms with E-state index in [9.17, 15) is 36.3 Å². The van der Waals surface area contributed by atoms with Crippen LogP contribution in [0.3, 0.4) is 0 Å². The van der Waals surface area contributed by atoms with Gasteiger partial charge < -0.3 is 0 Å². The molecule has 0 bridgehead atoms. The molecule has 0 aliphatic heterocycles. The largest absolute Gasteiger partial charge is 0.295 e. The molecule has 0 unspecified atom stereocenters. The van der Waals surface area contributed by atoms with Crippen molar-refractivity contribution in [3.8, 4) is 0 Å². The van der Waals surface area contributed by atoms with Gasteiger partial charge in [-0.1, -0.05) is 71.7 Å². The first-order chi connectivity index (χ1) is 29.2. The Balaban J connectivity index is 0.000000447. The van der Waals surface area contributed by atoms with E-state index in [0.717, 1.165) is 29.4 Å². The molecule has 7 aromatic rings. The number of rotatable bonds is 12. The van der Waals surface area contributed by atoms with Gasteiger partial charge in [-0.15, -0.1) is 0 Å². The normalized spacial score (nSPS) is 10.9. The number of halogens is 5. The fourth-order valence-electron chi connectivity index (χ4n) is 5.64. The average Bonchev–Trinajstić information content (AvgIpc) is 3.27. The maximum absolute atomic E-state index is 12.3. The highest BCUT2D eigenvalue weighted by Crippen LogP contribution is 2.37. The van der Waals surface area contributed by atoms with Gasteiger partial charge in [-0.05, 0) is 135 Å². The Labute approximate surface area is 367 Å². The number of hydrogen-bond donors (Lipinski definition) is 0. The molecule has 7 aromatic carbocycles. The van der Waals surface area contributed by atoms with E-state index < -0.39 is 34.5 Å². The third kappa shape index (κ3) is 11.5. The van der Waals surface area contributed by atoms with Gasteiger partial charge in [0.2, 0.25) is 0 Å². The van der Waals surface area contributed by atoms with E-state index >= 15 is 0 Å².